The number of fused-ring (bicyclic) bond motifs is 2. The minimum Gasteiger partial charge on any atom is -0.494 e. The summed E-state index contributed by atoms with van der Waals surface area (Å²) < 4.78 is 15.2. The first-order valence-electron chi connectivity index (χ1n) is 12.5. The fourth-order valence-corrected chi connectivity index (χ4v) is 5.75. The van der Waals surface area contributed by atoms with E-state index in [1.807, 2.05) is 48.3 Å². The molecule has 192 valence electrons. The minimum atomic E-state index is -0.383. The van der Waals surface area contributed by atoms with E-state index < -0.39 is 0 Å². The highest BCUT2D eigenvalue weighted by Crippen LogP contribution is 2.46. The molecule has 0 unspecified atom stereocenters. The summed E-state index contributed by atoms with van der Waals surface area (Å²) in [7, 11) is 3.42. The number of aromatic nitrogens is 5. The lowest BCUT2D eigenvalue weighted by molar-refractivity contribution is 0.0824. The highest BCUT2D eigenvalue weighted by Gasteiger charge is 2.45. The lowest BCUT2D eigenvalue weighted by Gasteiger charge is -2.30. The summed E-state index contributed by atoms with van der Waals surface area (Å²) in [6.07, 6.45) is 1.79. The number of nitrogens with zero attached hydrogens (tertiary/aromatic N) is 6. The molecular formula is C27H29ClN6O3. The molecule has 2 aliphatic rings. The molecule has 0 spiro atoms. The van der Waals surface area contributed by atoms with Crippen molar-refractivity contribution < 1.29 is 14.3 Å². The molecule has 4 aromatic rings. The van der Waals surface area contributed by atoms with E-state index in [1.54, 1.807) is 11.8 Å². The van der Waals surface area contributed by atoms with Crippen molar-refractivity contribution in [2.75, 3.05) is 25.2 Å². The summed E-state index contributed by atoms with van der Waals surface area (Å²) in [6, 6.07) is 11.2. The number of hydrogen-bond acceptors (Lipinski definition) is 6. The van der Waals surface area contributed by atoms with Crippen molar-refractivity contribution in [1.82, 2.24) is 24.5 Å². The number of methoxy groups -OCH3 is 1. The number of carbonyl (C=O) groups is 1. The molecule has 0 bridgehead atoms. The van der Waals surface area contributed by atoms with Gasteiger partial charge in [0.25, 0.3) is 5.91 Å². The van der Waals surface area contributed by atoms with E-state index in [1.165, 1.54) is 0 Å². The van der Waals surface area contributed by atoms with Crippen molar-refractivity contribution >= 4 is 34.2 Å². The maximum atomic E-state index is 14.2. The average molecular weight is 521 g/mol. The first kappa shape index (κ1) is 23.9. The summed E-state index contributed by atoms with van der Waals surface area (Å²) in [5.74, 6) is 1.64. The predicted octanol–water partition coefficient (Wildman–Crippen LogP) is 5.05. The Balaban J connectivity index is 1.58. The van der Waals surface area contributed by atoms with Gasteiger partial charge in [0.05, 0.1) is 24.0 Å². The van der Waals surface area contributed by atoms with Gasteiger partial charge in [-0.15, -0.1) is 5.10 Å². The number of rotatable bonds is 5. The number of imidazole rings is 1. The summed E-state index contributed by atoms with van der Waals surface area (Å²) in [6.45, 7) is 5.71. The number of benzene rings is 2. The van der Waals surface area contributed by atoms with E-state index in [9.17, 15) is 4.79 Å². The fraction of sp³-hybridized carbons (Fsp3) is 0.407. The van der Waals surface area contributed by atoms with Crippen LogP contribution in [0.1, 0.15) is 72.3 Å². The number of hydrogen-bond donors (Lipinski definition) is 0. The molecule has 2 aromatic carbocycles. The van der Waals surface area contributed by atoms with Gasteiger partial charge in [-0.25, -0.2) is 9.67 Å². The molecule has 6 rings (SSSR count). The number of ether oxygens (including phenoxy) is 2. The van der Waals surface area contributed by atoms with Crippen LogP contribution in [0.5, 0.6) is 5.75 Å². The normalized spacial score (nSPS) is 18.3. The van der Waals surface area contributed by atoms with Crippen molar-refractivity contribution in [2.45, 2.75) is 44.7 Å². The van der Waals surface area contributed by atoms with E-state index in [2.05, 4.69) is 28.7 Å². The molecule has 0 aliphatic carbocycles. The van der Waals surface area contributed by atoms with Crippen molar-refractivity contribution in [3.63, 3.8) is 0 Å². The van der Waals surface area contributed by atoms with Crippen LogP contribution in [0.3, 0.4) is 0 Å². The number of carbonyl (C=O) groups excluding carboxylic acids is 1. The molecule has 0 N–H and O–H groups in total. The topological polar surface area (TPSA) is 87.3 Å². The first-order chi connectivity index (χ1) is 17.9. The van der Waals surface area contributed by atoms with Gasteiger partial charge in [-0.3, -0.25) is 9.69 Å². The van der Waals surface area contributed by atoms with Crippen LogP contribution in [-0.4, -0.2) is 50.8 Å². The Morgan fingerprint density at radius 2 is 1.86 bits per heavy atom. The van der Waals surface area contributed by atoms with Crippen LogP contribution in [0.4, 0.5) is 5.69 Å². The van der Waals surface area contributed by atoms with Crippen molar-refractivity contribution in [3.8, 4) is 5.75 Å². The maximum Gasteiger partial charge on any atom is 0.279 e. The first-order valence-corrected chi connectivity index (χ1v) is 12.9. The van der Waals surface area contributed by atoms with Gasteiger partial charge >= 0.3 is 0 Å². The predicted molar refractivity (Wildman–Crippen MR) is 141 cm³/mol. The average Bonchev–Trinajstić information content (AvgIpc) is 3.56. The van der Waals surface area contributed by atoms with Gasteiger partial charge < -0.3 is 14.0 Å². The number of amides is 1. The van der Waals surface area contributed by atoms with Crippen molar-refractivity contribution in [2.24, 2.45) is 7.05 Å². The van der Waals surface area contributed by atoms with Crippen LogP contribution < -0.4 is 9.64 Å². The molecule has 0 saturated carbocycles. The second-order valence-corrected chi connectivity index (χ2v) is 10.3. The fourth-order valence-electron chi connectivity index (χ4n) is 5.62. The molecule has 1 amide bonds. The highest BCUT2D eigenvalue weighted by molar-refractivity contribution is 6.30. The molecular weight excluding hydrogens is 492 g/mol. The zero-order valence-corrected chi connectivity index (χ0v) is 22.1. The van der Waals surface area contributed by atoms with Gasteiger partial charge in [-0.2, -0.15) is 0 Å². The minimum absolute atomic E-state index is 0.120. The van der Waals surface area contributed by atoms with Crippen LogP contribution in [0.15, 0.2) is 36.4 Å². The van der Waals surface area contributed by atoms with E-state index in [-0.39, 0.29) is 23.9 Å². The largest absolute Gasteiger partial charge is 0.494 e. The van der Waals surface area contributed by atoms with Gasteiger partial charge in [0.2, 0.25) is 0 Å². The standard InChI is InChI=1S/C27H29ClN6O3/c1-15(2)33-25-23(29-26(33)17-9-11-37-12-10-17)27(35)34(24(25)16-5-7-18(28)8-6-16)19-13-20-22(21(14-19)36-4)30-31-32(20)3/h5-8,13-15,17,24H,9-12H2,1-4H3/t24-/m0/s1. The Morgan fingerprint density at radius 3 is 2.54 bits per heavy atom. The molecule has 9 nitrogen and oxygen atoms in total. The van der Waals surface area contributed by atoms with Gasteiger partial charge in [-0.05, 0) is 50.5 Å². The smallest absolute Gasteiger partial charge is 0.279 e. The van der Waals surface area contributed by atoms with Gasteiger partial charge in [-0.1, -0.05) is 28.9 Å². The van der Waals surface area contributed by atoms with Gasteiger partial charge in [0, 0.05) is 43.3 Å². The summed E-state index contributed by atoms with van der Waals surface area (Å²) in [4.78, 5) is 21.0. The zero-order valence-electron chi connectivity index (χ0n) is 21.3. The highest BCUT2D eigenvalue weighted by atomic mass is 35.5. The second-order valence-electron chi connectivity index (χ2n) is 9.91. The summed E-state index contributed by atoms with van der Waals surface area (Å²) in [5, 5.41) is 9.03. The monoisotopic (exact) mass is 520 g/mol. The van der Waals surface area contributed by atoms with Crippen LogP contribution >= 0.6 is 11.6 Å². The molecule has 4 heterocycles. The maximum absolute atomic E-state index is 14.2. The van der Waals surface area contributed by atoms with Gasteiger partial charge in [0.1, 0.15) is 11.9 Å². The van der Waals surface area contributed by atoms with Crippen LogP contribution in [0, 0.1) is 0 Å². The van der Waals surface area contributed by atoms with E-state index >= 15 is 0 Å². The number of halogens is 1. The number of anilines is 1. The Kier molecular flexibility index (Phi) is 5.92. The molecule has 1 fully saturated rings. The summed E-state index contributed by atoms with van der Waals surface area (Å²) >= 11 is 6.25. The van der Waals surface area contributed by atoms with E-state index in [4.69, 9.17) is 26.1 Å². The molecule has 1 atom stereocenters. The van der Waals surface area contributed by atoms with Crippen molar-refractivity contribution in [1.29, 1.82) is 0 Å². The quantitative estimate of drug-likeness (QED) is 0.366. The van der Waals surface area contributed by atoms with E-state index in [0.29, 0.717) is 40.9 Å². The van der Waals surface area contributed by atoms with Gasteiger partial charge in [0.15, 0.2) is 17.0 Å². The number of aryl methyl sites for hydroxylation is 1. The summed E-state index contributed by atoms with van der Waals surface area (Å²) in [5.41, 5.74) is 4.48. The molecule has 2 aliphatic heterocycles. The third kappa shape index (κ3) is 3.79. The van der Waals surface area contributed by atoms with Crippen LogP contribution in [0.25, 0.3) is 11.0 Å². The van der Waals surface area contributed by atoms with Crippen LogP contribution in [-0.2, 0) is 11.8 Å². The third-order valence-electron chi connectivity index (χ3n) is 7.37. The molecule has 0 radical (unpaired) electrons. The van der Waals surface area contributed by atoms with Crippen molar-refractivity contribution in [3.05, 3.63) is 64.2 Å². The Bertz CT molecular complexity index is 1490. The molecule has 37 heavy (non-hydrogen) atoms. The molecule has 2 aromatic heterocycles. The van der Waals surface area contributed by atoms with Crippen LogP contribution in [0.2, 0.25) is 5.02 Å². The zero-order chi connectivity index (χ0) is 25.8. The lowest BCUT2D eigenvalue weighted by Crippen LogP contribution is -2.31. The second kappa shape index (κ2) is 9.15. The Labute approximate surface area is 219 Å². The lowest BCUT2D eigenvalue weighted by atomic mass is 9.98. The Morgan fingerprint density at radius 1 is 1.14 bits per heavy atom. The Hall–Kier alpha value is -3.43. The molecule has 1 saturated heterocycles. The third-order valence-corrected chi connectivity index (χ3v) is 7.62. The van der Waals surface area contributed by atoms with E-state index in [0.717, 1.165) is 35.4 Å². The SMILES string of the molecule is COc1cc(N2C(=O)c3nc(C4CCOCC4)n(C(C)C)c3[C@@H]2c2ccc(Cl)cc2)cc2c1nnn2C. The molecule has 10 heteroatoms.